The standard InChI is InChI=1S/C11H19N3/c1-8-5-9(2)7-10(6-8)14-4-3-11(12)13-14/h3-4,8-10H,5-7H2,1-2H3,(H2,12,13). The molecule has 0 aromatic carbocycles. The van der Waals surface area contributed by atoms with E-state index in [1.807, 2.05) is 16.9 Å². The minimum Gasteiger partial charge on any atom is -0.382 e. The molecule has 1 aromatic rings. The van der Waals surface area contributed by atoms with E-state index in [1.54, 1.807) is 0 Å². The number of hydrogen-bond acceptors (Lipinski definition) is 2. The lowest BCUT2D eigenvalue weighted by molar-refractivity contribution is 0.210. The third kappa shape index (κ3) is 1.91. The van der Waals surface area contributed by atoms with Crippen molar-refractivity contribution in [3.63, 3.8) is 0 Å². The van der Waals surface area contributed by atoms with Gasteiger partial charge in [-0.1, -0.05) is 13.8 Å². The van der Waals surface area contributed by atoms with Crippen molar-refractivity contribution < 1.29 is 0 Å². The summed E-state index contributed by atoms with van der Waals surface area (Å²) in [6, 6.07) is 2.44. The van der Waals surface area contributed by atoms with Crippen LogP contribution in [0.5, 0.6) is 0 Å². The lowest BCUT2D eigenvalue weighted by Gasteiger charge is -2.31. The normalized spacial score (nSPS) is 33.1. The third-order valence-electron chi connectivity index (χ3n) is 3.16. The largest absolute Gasteiger partial charge is 0.382 e. The highest BCUT2D eigenvalue weighted by Gasteiger charge is 2.25. The Morgan fingerprint density at radius 2 is 1.93 bits per heavy atom. The Hall–Kier alpha value is -0.990. The first-order chi connectivity index (χ1) is 6.65. The van der Waals surface area contributed by atoms with Crippen molar-refractivity contribution in [3.8, 4) is 0 Å². The van der Waals surface area contributed by atoms with Crippen LogP contribution in [-0.2, 0) is 0 Å². The van der Waals surface area contributed by atoms with Gasteiger partial charge in [0.2, 0.25) is 0 Å². The van der Waals surface area contributed by atoms with Gasteiger partial charge in [0.05, 0.1) is 6.04 Å². The molecule has 0 amide bonds. The molecule has 0 radical (unpaired) electrons. The molecule has 1 aliphatic rings. The molecule has 2 atom stereocenters. The highest BCUT2D eigenvalue weighted by Crippen LogP contribution is 2.35. The highest BCUT2D eigenvalue weighted by molar-refractivity contribution is 5.24. The molecule has 0 saturated heterocycles. The van der Waals surface area contributed by atoms with E-state index >= 15 is 0 Å². The minimum atomic E-state index is 0.561. The minimum absolute atomic E-state index is 0.561. The zero-order valence-corrected chi connectivity index (χ0v) is 8.98. The van der Waals surface area contributed by atoms with Crippen LogP contribution in [0.4, 0.5) is 5.82 Å². The van der Waals surface area contributed by atoms with Crippen molar-refractivity contribution in [3.05, 3.63) is 12.3 Å². The average molecular weight is 193 g/mol. The molecule has 2 unspecified atom stereocenters. The predicted octanol–water partition coefficient (Wildman–Crippen LogP) is 2.46. The Labute approximate surface area is 85.3 Å². The zero-order valence-electron chi connectivity index (χ0n) is 8.98. The number of nitrogens with zero attached hydrogens (tertiary/aromatic N) is 2. The number of hydrogen-bond donors (Lipinski definition) is 1. The smallest absolute Gasteiger partial charge is 0.145 e. The lowest BCUT2D eigenvalue weighted by atomic mass is 9.80. The molecule has 14 heavy (non-hydrogen) atoms. The second kappa shape index (κ2) is 3.64. The second-order valence-electron chi connectivity index (χ2n) is 4.79. The van der Waals surface area contributed by atoms with Crippen LogP contribution in [0.15, 0.2) is 12.3 Å². The SMILES string of the molecule is CC1CC(C)CC(n2ccc(N)n2)C1. The van der Waals surface area contributed by atoms with Gasteiger partial charge in [-0.2, -0.15) is 5.10 Å². The molecule has 0 spiro atoms. The molecule has 2 N–H and O–H groups in total. The Balaban J connectivity index is 2.10. The van der Waals surface area contributed by atoms with Crippen LogP contribution < -0.4 is 5.73 Å². The maximum atomic E-state index is 5.62. The number of rotatable bonds is 1. The van der Waals surface area contributed by atoms with Crippen LogP contribution in [0.3, 0.4) is 0 Å². The summed E-state index contributed by atoms with van der Waals surface area (Å²) in [5, 5.41) is 4.30. The Kier molecular flexibility index (Phi) is 2.48. The van der Waals surface area contributed by atoms with Crippen LogP contribution >= 0.6 is 0 Å². The molecule has 0 aliphatic heterocycles. The Bertz CT molecular complexity index is 295. The van der Waals surface area contributed by atoms with Crippen molar-refractivity contribution in [1.29, 1.82) is 0 Å². The fourth-order valence-electron chi connectivity index (χ4n) is 2.68. The molecule has 78 valence electrons. The number of anilines is 1. The van der Waals surface area contributed by atoms with E-state index in [9.17, 15) is 0 Å². The maximum absolute atomic E-state index is 5.62. The fraction of sp³-hybridized carbons (Fsp3) is 0.727. The molecule has 1 aromatic heterocycles. The number of nitrogens with two attached hydrogens (primary N) is 1. The summed E-state index contributed by atoms with van der Waals surface area (Å²) in [5.41, 5.74) is 5.62. The third-order valence-corrected chi connectivity index (χ3v) is 3.16. The summed E-state index contributed by atoms with van der Waals surface area (Å²) in [7, 11) is 0. The molecule has 2 rings (SSSR count). The number of nitrogen functional groups attached to an aromatic ring is 1. The topological polar surface area (TPSA) is 43.8 Å². The first kappa shape index (κ1) is 9.56. The van der Waals surface area contributed by atoms with Crippen LogP contribution in [0, 0.1) is 11.8 Å². The zero-order chi connectivity index (χ0) is 10.1. The van der Waals surface area contributed by atoms with Crippen LogP contribution in [0.2, 0.25) is 0 Å². The van der Waals surface area contributed by atoms with Gasteiger partial charge < -0.3 is 5.73 Å². The molecule has 1 heterocycles. The van der Waals surface area contributed by atoms with Crippen LogP contribution in [0.1, 0.15) is 39.2 Å². The molecule has 1 aliphatic carbocycles. The van der Waals surface area contributed by atoms with E-state index in [0.717, 1.165) is 11.8 Å². The van der Waals surface area contributed by atoms with Crippen molar-refractivity contribution >= 4 is 5.82 Å². The summed E-state index contributed by atoms with van der Waals surface area (Å²) < 4.78 is 2.04. The molecule has 1 saturated carbocycles. The molecule has 3 heteroatoms. The first-order valence-electron chi connectivity index (χ1n) is 5.45. The fourth-order valence-corrected chi connectivity index (χ4v) is 2.68. The summed E-state index contributed by atoms with van der Waals surface area (Å²) in [6.07, 6.45) is 5.84. The average Bonchev–Trinajstić information content (AvgIpc) is 2.50. The van der Waals surface area contributed by atoms with Gasteiger partial charge in [-0.3, -0.25) is 4.68 Å². The quantitative estimate of drug-likeness (QED) is 0.744. The van der Waals surface area contributed by atoms with Gasteiger partial charge in [0.15, 0.2) is 0 Å². The molecule has 1 fully saturated rings. The van der Waals surface area contributed by atoms with Crippen LogP contribution in [-0.4, -0.2) is 9.78 Å². The Morgan fingerprint density at radius 3 is 2.43 bits per heavy atom. The van der Waals surface area contributed by atoms with E-state index < -0.39 is 0 Å². The van der Waals surface area contributed by atoms with E-state index in [0.29, 0.717) is 11.9 Å². The molecule has 0 bridgehead atoms. The monoisotopic (exact) mass is 193 g/mol. The van der Waals surface area contributed by atoms with Crippen molar-refractivity contribution in [2.45, 2.75) is 39.2 Å². The van der Waals surface area contributed by atoms with Gasteiger partial charge in [-0.15, -0.1) is 0 Å². The second-order valence-corrected chi connectivity index (χ2v) is 4.79. The van der Waals surface area contributed by atoms with E-state index in [2.05, 4.69) is 18.9 Å². The van der Waals surface area contributed by atoms with Gasteiger partial charge in [0.1, 0.15) is 5.82 Å². The number of aromatic nitrogens is 2. The van der Waals surface area contributed by atoms with Gasteiger partial charge in [0, 0.05) is 6.20 Å². The lowest BCUT2D eigenvalue weighted by Crippen LogP contribution is -2.23. The van der Waals surface area contributed by atoms with Crippen molar-refractivity contribution in [1.82, 2.24) is 9.78 Å². The van der Waals surface area contributed by atoms with Gasteiger partial charge in [-0.25, -0.2) is 0 Å². The summed E-state index contributed by atoms with van der Waals surface area (Å²) in [4.78, 5) is 0. The highest BCUT2D eigenvalue weighted by atomic mass is 15.3. The first-order valence-corrected chi connectivity index (χ1v) is 5.45. The summed E-state index contributed by atoms with van der Waals surface area (Å²) >= 11 is 0. The van der Waals surface area contributed by atoms with Gasteiger partial charge in [0.25, 0.3) is 0 Å². The van der Waals surface area contributed by atoms with Crippen LogP contribution in [0.25, 0.3) is 0 Å². The molecular weight excluding hydrogens is 174 g/mol. The van der Waals surface area contributed by atoms with Crippen molar-refractivity contribution in [2.75, 3.05) is 5.73 Å². The Morgan fingerprint density at radius 1 is 1.29 bits per heavy atom. The molecular formula is C11H19N3. The van der Waals surface area contributed by atoms with E-state index in [1.165, 1.54) is 19.3 Å². The maximum Gasteiger partial charge on any atom is 0.145 e. The van der Waals surface area contributed by atoms with Crippen molar-refractivity contribution in [2.24, 2.45) is 11.8 Å². The summed E-state index contributed by atoms with van der Waals surface area (Å²) in [5.74, 6) is 2.26. The van der Waals surface area contributed by atoms with Gasteiger partial charge in [-0.05, 0) is 37.2 Å². The van der Waals surface area contributed by atoms with Gasteiger partial charge >= 0.3 is 0 Å². The predicted molar refractivity (Wildman–Crippen MR) is 57.9 cm³/mol. The van der Waals surface area contributed by atoms with E-state index in [-0.39, 0.29) is 0 Å². The van der Waals surface area contributed by atoms with E-state index in [4.69, 9.17) is 5.73 Å². The summed E-state index contributed by atoms with van der Waals surface area (Å²) in [6.45, 7) is 4.66. The molecule has 3 nitrogen and oxygen atoms in total.